The summed E-state index contributed by atoms with van der Waals surface area (Å²) in [4.78, 5) is 11.9. The fourth-order valence-corrected chi connectivity index (χ4v) is 2.03. The second-order valence-corrected chi connectivity index (χ2v) is 5.59. The maximum Gasteiger partial charge on any atom is 0.258 e. The van der Waals surface area contributed by atoms with Gasteiger partial charge in [-0.25, -0.2) is 0 Å². The van der Waals surface area contributed by atoms with Gasteiger partial charge in [-0.05, 0) is 25.0 Å². The predicted octanol–water partition coefficient (Wildman–Crippen LogP) is 2.96. The summed E-state index contributed by atoms with van der Waals surface area (Å²) >= 11 is 0. The van der Waals surface area contributed by atoms with Crippen LogP contribution in [0, 0.1) is 5.92 Å². The summed E-state index contributed by atoms with van der Waals surface area (Å²) in [6.07, 6.45) is 0. The van der Waals surface area contributed by atoms with Crippen molar-refractivity contribution in [2.45, 2.75) is 26.8 Å². The molecule has 0 aliphatic rings. The fourth-order valence-electron chi connectivity index (χ4n) is 2.03. The SMILES string of the molecule is CC(C)C(C)NC(=O)COc1ccc(N)c2ccccc12. The van der Waals surface area contributed by atoms with Crippen LogP contribution in [-0.4, -0.2) is 18.6 Å². The van der Waals surface area contributed by atoms with Gasteiger partial charge in [0.05, 0.1) is 0 Å². The highest BCUT2D eigenvalue weighted by molar-refractivity contribution is 5.97. The zero-order valence-corrected chi connectivity index (χ0v) is 12.7. The Bertz CT molecular complexity index is 638. The number of hydrogen-bond acceptors (Lipinski definition) is 3. The molecule has 21 heavy (non-hydrogen) atoms. The van der Waals surface area contributed by atoms with Crippen LogP contribution in [0.15, 0.2) is 36.4 Å². The molecule has 4 nitrogen and oxygen atoms in total. The normalized spacial score (nSPS) is 12.4. The molecule has 0 heterocycles. The van der Waals surface area contributed by atoms with Gasteiger partial charge in [-0.3, -0.25) is 4.79 Å². The Labute approximate surface area is 125 Å². The number of benzene rings is 2. The summed E-state index contributed by atoms with van der Waals surface area (Å²) in [5.74, 6) is 0.954. The Morgan fingerprint density at radius 3 is 2.48 bits per heavy atom. The molecule has 0 aromatic heterocycles. The molecule has 112 valence electrons. The number of carbonyl (C=O) groups is 1. The van der Waals surface area contributed by atoms with Crippen LogP contribution in [0.1, 0.15) is 20.8 Å². The van der Waals surface area contributed by atoms with Gasteiger partial charge < -0.3 is 15.8 Å². The molecule has 2 aromatic carbocycles. The number of nitrogens with two attached hydrogens (primary N) is 1. The maximum absolute atomic E-state index is 11.9. The van der Waals surface area contributed by atoms with Crippen LogP contribution in [0.3, 0.4) is 0 Å². The second kappa shape index (κ2) is 6.48. The predicted molar refractivity (Wildman–Crippen MR) is 86.3 cm³/mol. The molecule has 4 heteroatoms. The Kier molecular flexibility index (Phi) is 4.68. The summed E-state index contributed by atoms with van der Waals surface area (Å²) in [7, 11) is 0. The van der Waals surface area contributed by atoms with Gasteiger partial charge in [-0.1, -0.05) is 38.1 Å². The molecule has 2 rings (SSSR count). The van der Waals surface area contributed by atoms with Crippen molar-refractivity contribution < 1.29 is 9.53 Å². The van der Waals surface area contributed by atoms with Crippen molar-refractivity contribution in [3.63, 3.8) is 0 Å². The van der Waals surface area contributed by atoms with Crippen molar-refractivity contribution in [1.29, 1.82) is 0 Å². The lowest BCUT2D eigenvalue weighted by atomic mass is 10.1. The first-order chi connectivity index (χ1) is 9.99. The lowest BCUT2D eigenvalue weighted by Gasteiger charge is -2.18. The Morgan fingerprint density at radius 2 is 1.81 bits per heavy atom. The number of ether oxygens (including phenoxy) is 1. The monoisotopic (exact) mass is 286 g/mol. The molecule has 0 bridgehead atoms. The van der Waals surface area contributed by atoms with Crippen molar-refractivity contribution in [1.82, 2.24) is 5.32 Å². The summed E-state index contributed by atoms with van der Waals surface area (Å²) in [6, 6.07) is 11.5. The topological polar surface area (TPSA) is 64.3 Å². The summed E-state index contributed by atoms with van der Waals surface area (Å²) < 4.78 is 5.65. The van der Waals surface area contributed by atoms with E-state index in [9.17, 15) is 4.79 Å². The summed E-state index contributed by atoms with van der Waals surface area (Å²) in [5, 5.41) is 4.78. The molecule has 0 fully saturated rings. The molecule has 1 atom stereocenters. The molecule has 0 aliphatic carbocycles. The van der Waals surface area contributed by atoms with Gasteiger partial charge in [-0.15, -0.1) is 0 Å². The van der Waals surface area contributed by atoms with Gasteiger partial charge in [0.25, 0.3) is 5.91 Å². The minimum absolute atomic E-state index is 0.00493. The lowest BCUT2D eigenvalue weighted by Crippen LogP contribution is -2.38. The molecule has 1 amide bonds. The molecule has 1 unspecified atom stereocenters. The highest BCUT2D eigenvalue weighted by Gasteiger charge is 2.12. The van der Waals surface area contributed by atoms with Crippen LogP contribution in [0.4, 0.5) is 5.69 Å². The van der Waals surface area contributed by atoms with Gasteiger partial charge in [0.1, 0.15) is 5.75 Å². The average molecular weight is 286 g/mol. The van der Waals surface area contributed by atoms with Crippen molar-refractivity contribution in [2.24, 2.45) is 5.92 Å². The molecule has 0 radical (unpaired) electrons. The zero-order valence-electron chi connectivity index (χ0n) is 12.7. The Balaban J connectivity index is 2.07. The largest absolute Gasteiger partial charge is 0.483 e. The van der Waals surface area contributed by atoms with E-state index in [2.05, 4.69) is 19.2 Å². The van der Waals surface area contributed by atoms with E-state index in [1.165, 1.54) is 0 Å². The second-order valence-electron chi connectivity index (χ2n) is 5.59. The van der Waals surface area contributed by atoms with Crippen molar-refractivity contribution in [3.8, 4) is 5.75 Å². The van der Waals surface area contributed by atoms with Crippen LogP contribution in [0.25, 0.3) is 10.8 Å². The van der Waals surface area contributed by atoms with Crippen LogP contribution in [-0.2, 0) is 4.79 Å². The van der Waals surface area contributed by atoms with E-state index in [1.807, 2.05) is 31.2 Å². The standard InChI is InChI=1S/C17H22N2O2/c1-11(2)12(3)19-17(20)10-21-16-9-8-15(18)13-6-4-5-7-14(13)16/h4-9,11-12H,10,18H2,1-3H3,(H,19,20). The van der Waals surface area contributed by atoms with E-state index in [-0.39, 0.29) is 18.6 Å². The number of carbonyl (C=O) groups excluding carboxylic acids is 1. The summed E-state index contributed by atoms with van der Waals surface area (Å²) in [6.45, 7) is 6.13. The van der Waals surface area contributed by atoms with Crippen LogP contribution in [0.2, 0.25) is 0 Å². The third-order valence-electron chi connectivity index (χ3n) is 3.67. The molecule has 3 N–H and O–H groups in total. The number of nitrogen functional groups attached to an aromatic ring is 1. The first kappa shape index (κ1) is 15.2. The number of nitrogens with one attached hydrogen (secondary N) is 1. The van der Waals surface area contributed by atoms with E-state index in [1.54, 1.807) is 12.1 Å². The van der Waals surface area contributed by atoms with Crippen molar-refractivity contribution in [3.05, 3.63) is 36.4 Å². The van der Waals surface area contributed by atoms with Crippen molar-refractivity contribution >= 4 is 22.4 Å². The van der Waals surface area contributed by atoms with E-state index in [0.29, 0.717) is 17.4 Å². The van der Waals surface area contributed by atoms with Gasteiger partial charge in [0.2, 0.25) is 0 Å². The number of amides is 1. The molecule has 0 spiro atoms. The van der Waals surface area contributed by atoms with E-state index in [4.69, 9.17) is 10.5 Å². The van der Waals surface area contributed by atoms with Gasteiger partial charge in [-0.2, -0.15) is 0 Å². The first-order valence-corrected chi connectivity index (χ1v) is 7.18. The molecular formula is C17H22N2O2. The smallest absolute Gasteiger partial charge is 0.258 e. The quantitative estimate of drug-likeness (QED) is 0.831. The van der Waals surface area contributed by atoms with Gasteiger partial charge >= 0.3 is 0 Å². The first-order valence-electron chi connectivity index (χ1n) is 7.18. The summed E-state index contributed by atoms with van der Waals surface area (Å²) in [5.41, 5.74) is 6.65. The van der Waals surface area contributed by atoms with Crippen LogP contribution >= 0.6 is 0 Å². The Hall–Kier alpha value is -2.23. The molecule has 0 aliphatic heterocycles. The zero-order chi connectivity index (χ0) is 15.4. The molecule has 0 saturated carbocycles. The minimum atomic E-state index is -0.114. The lowest BCUT2D eigenvalue weighted by molar-refractivity contribution is -0.123. The average Bonchev–Trinajstić information content (AvgIpc) is 2.46. The van der Waals surface area contributed by atoms with Gasteiger partial charge in [0.15, 0.2) is 6.61 Å². The van der Waals surface area contributed by atoms with E-state index in [0.717, 1.165) is 10.8 Å². The molecule has 2 aromatic rings. The van der Waals surface area contributed by atoms with E-state index >= 15 is 0 Å². The maximum atomic E-state index is 11.9. The number of fused-ring (bicyclic) bond motifs is 1. The molecular weight excluding hydrogens is 264 g/mol. The third kappa shape index (κ3) is 3.66. The number of rotatable bonds is 5. The van der Waals surface area contributed by atoms with Crippen molar-refractivity contribution in [2.75, 3.05) is 12.3 Å². The van der Waals surface area contributed by atoms with Crippen LogP contribution < -0.4 is 15.8 Å². The molecule has 0 saturated heterocycles. The minimum Gasteiger partial charge on any atom is -0.483 e. The van der Waals surface area contributed by atoms with Gasteiger partial charge in [0, 0.05) is 22.5 Å². The Morgan fingerprint density at radius 1 is 1.14 bits per heavy atom. The third-order valence-corrected chi connectivity index (χ3v) is 3.67. The highest BCUT2D eigenvalue weighted by Crippen LogP contribution is 2.29. The fraction of sp³-hybridized carbons (Fsp3) is 0.353. The van der Waals surface area contributed by atoms with Crippen LogP contribution in [0.5, 0.6) is 5.75 Å². The van der Waals surface area contributed by atoms with E-state index < -0.39 is 0 Å². The number of hydrogen-bond donors (Lipinski definition) is 2. The highest BCUT2D eigenvalue weighted by atomic mass is 16.5. The number of anilines is 1.